The molecule has 0 saturated carbocycles. The van der Waals surface area contributed by atoms with Gasteiger partial charge in [-0.3, -0.25) is 14.3 Å². The molecule has 1 heterocycles. The number of hydrogen-bond acceptors (Lipinski definition) is 4. The van der Waals surface area contributed by atoms with Crippen molar-refractivity contribution in [2.45, 2.75) is 20.0 Å². The molecule has 7 nitrogen and oxygen atoms in total. The summed E-state index contributed by atoms with van der Waals surface area (Å²) in [7, 11) is 5.01. The molecule has 0 aliphatic heterocycles. The number of fused-ring (bicyclic) bond motifs is 1. The number of rotatable bonds is 5. The predicted molar refractivity (Wildman–Crippen MR) is 109 cm³/mol. The minimum Gasteiger partial charge on any atom is -0.481 e. The smallest absolute Gasteiger partial charge is 0.276 e. The maximum absolute atomic E-state index is 12.7. The number of ether oxygens (including phenoxy) is 1. The van der Waals surface area contributed by atoms with Crippen LogP contribution in [0.4, 0.5) is 5.69 Å². The minimum atomic E-state index is -0.747. The van der Waals surface area contributed by atoms with Crippen molar-refractivity contribution in [3.8, 4) is 5.75 Å². The van der Waals surface area contributed by atoms with Gasteiger partial charge in [-0.1, -0.05) is 30.3 Å². The third-order valence-electron chi connectivity index (χ3n) is 4.59. The highest BCUT2D eigenvalue weighted by atomic mass is 16.5. The molecule has 1 aromatic heterocycles. The summed E-state index contributed by atoms with van der Waals surface area (Å²) in [5, 5.41) is 9.17. The molecule has 2 aromatic carbocycles. The highest BCUT2D eigenvalue weighted by Gasteiger charge is 2.25. The van der Waals surface area contributed by atoms with Gasteiger partial charge in [-0.15, -0.1) is 0 Å². The van der Waals surface area contributed by atoms with E-state index >= 15 is 0 Å². The number of nitrogens with one attached hydrogen (secondary N) is 1. The third kappa shape index (κ3) is 3.83. The number of hydrogen-bond donors (Lipinski definition) is 1. The molecule has 0 bridgehead atoms. The Morgan fingerprint density at radius 1 is 1.14 bits per heavy atom. The van der Waals surface area contributed by atoms with Crippen molar-refractivity contribution in [1.29, 1.82) is 0 Å². The van der Waals surface area contributed by atoms with E-state index in [1.807, 2.05) is 42.5 Å². The van der Waals surface area contributed by atoms with Crippen molar-refractivity contribution >= 4 is 28.3 Å². The van der Waals surface area contributed by atoms with Gasteiger partial charge in [-0.2, -0.15) is 5.10 Å². The van der Waals surface area contributed by atoms with Gasteiger partial charge in [0.05, 0.1) is 11.4 Å². The average Bonchev–Trinajstić information content (AvgIpc) is 2.95. The van der Waals surface area contributed by atoms with Gasteiger partial charge in [-0.05, 0) is 36.8 Å². The third-order valence-corrected chi connectivity index (χ3v) is 4.59. The molecule has 28 heavy (non-hydrogen) atoms. The molecule has 1 N–H and O–H groups in total. The van der Waals surface area contributed by atoms with E-state index in [1.54, 1.807) is 39.7 Å². The van der Waals surface area contributed by atoms with Crippen molar-refractivity contribution in [3.63, 3.8) is 0 Å². The van der Waals surface area contributed by atoms with Crippen molar-refractivity contribution in [3.05, 3.63) is 53.9 Å². The van der Waals surface area contributed by atoms with Crippen LogP contribution in [0, 0.1) is 6.92 Å². The summed E-state index contributed by atoms with van der Waals surface area (Å²) in [5.74, 6) is -0.0204. The van der Waals surface area contributed by atoms with Crippen LogP contribution in [-0.2, 0) is 11.8 Å². The Kier molecular flexibility index (Phi) is 5.35. The van der Waals surface area contributed by atoms with Crippen LogP contribution in [0.25, 0.3) is 10.8 Å². The van der Waals surface area contributed by atoms with Crippen LogP contribution >= 0.6 is 0 Å². The Hall–Kier alpha value is -3.35. The normalized spacial score (nSPS) is 11.9. The van der Waals surface area contributed by atoms with E-state index in [-0.39, 0.29) is 17.5 Å². The molecule has 1 atom stereocenters. The fraction of sp³-hybridized carbons (Fsp3) is 0.286. The monoisotopic (exact) mass is 380 g/mol. The van der Waals surface area contributed by atoms with Crippen molar-refractivity contribution in [1.82, 2.24) is 14.7 Å². The van der Waals surface area contributed by atoms with Gasteiger partial charge < -0.3 is 15.0 Å². The molecule has 0 aliphatic carbocycles. The highest BCUT2D eigenvalue weighted by Crippen LogP contribution is 2.23. The van der Waals surface area contributed by atoms with Crippen LogP contribution in [0.1, 0.15) is 23.1 Å². The lowest BCUT2D eigenvalue weighted by molar-refractivity contribution is -0.122. The van der Waals surface area contributed by atoms with Crippen LogP contribution in [0.2, 0.25) is 0 Å². The summed E-state index contributed by atoms with van der Waals surface area (Å²) < 4.78 is 7.39. The maximum Gasteiger partial charge on any atom is 0.276 e. The molecule has 1 unspecified atom stereocenters. The number of benzene rings is 2. The van der Waals surface area contributed by atoms with Crippen molar-refractivity contribution in [2.75, 3.05) is 19.4 Å². The zero-order chi connectivity index (χ0) is 20.4. The molecule has 2 amide bonds. The molecule has 0 radical (unpaired) electrons. The summed E-state index contributed by atoms with van der Waals surface area (Å²) in [6, 6.07) is 13.6. The van der Waals surface area contributed by atoms with Crippen LogP contribution in [-0.4, -0.2) is 46.7 Å². The minimum absolute atomic E-state index is 0.205. The van der Waals surface area contributed by atoms with Crippen LogP contribution in [0.5, 0.6) is 5.75 Å². The largest absolute Gasteiger partial charge is 0.481 e. The lowest BCUT2D eigenvalue weighted by Gasteiger charge is -2.16. The number of amides is 2. The van der Waals surface area contributed by atoms with E-state index in [9.17, 15) is 9.59 Å². The molecular weight excluding hydrogens is 356 g/mol. The quantitative estimate of drug-likeness (QED) is 0.738. The van der Waals surface area contributed by atoms with Gasteiger partial charge in [0.1, 0.15) is 5.75 Å². The van der Waals surface area contributed by atoms with E-state index in [0.29, 0.717) is 17.1 Å². The summed E-state index contributed by atoms with van der Waals surface area (Å²) in [6.45, 7) is 3.47. The Morgan fingerprint density at radius 3 is 2.50 bits per heavy atom. The second-order valence-corrected chi connectivity index (χ2v) is 6.89. The van der Waals surface area contributed by atoms with Gasteiger partial charge in [0.25, 0.3) is 11.8 Å². The zero-order valence-electron chi connectivity index (χ0n) is 16.7. The van der Waals surface area contributed by atoms with Gasteiger partial charge in [0, 0.05) is 21.1 Å². The first-order valence-electron chi connectivity index (χ1n) is 8.99. The number of carbonyl (C=O) groups excluding carboxylic acids is 2. The Morgan fingerprint density at radius 2 is 1.82 bits per heavy atom. The van der Waals surface area contributed by atoms with Crippen LogP contribution < -0.4 is 10.1 Å². The fourth-order valence-electron chi connectivity index (χ4n) is 2.84. The predicted octanol–water partition coefficient (Wildman–Crippen LogP) is 2.99. The molecule has 3 aromatic rings. The average molecular weight is 380 g/mol. The number of aryl methyl sites for hydroxylation is 1. The second kappa shape index (κ2) is 7.72. The number of nitrogens with zero attached hydrogens (tertiary/aromatic N) is 3. The lowest BCUT2D eigenvalue weighted by atomic mass is 10.1. The highest BCUT2D eigenvalue weighted by molar-refractivity contribution is 6.03. The zero-order valence-corrected chi connectivity index (χ0v) is 16.7. The topological polar surface area (TPSA) is 76.5 Å². The standard InChI is InChI=1S/C21H24N4O3/c1-13-18(19(23-25(13)5)21(27)24(3)4)22-20(26)14(2)28-17-11-10-15-8-6-7-9-16(15)12-17/h6-12,14H,1-5H3,(H,22,26). The van der Waals surface area contributed by atoms with Gasteiger partial charge in [0.15, 0.2) is 11.8 Å². The van der Waals surface area contributed by atoms with Crippen molar-refractivity contribution < 1.29 is 14.3 Å². The molecule has 0 aliphatic rings. The Bertz CT molecular complexity index is 1040. The van der Waals surface area contributed by atoms with Crippen LogP contribution in [0.3, 0.4) is 0 Å². The molecular formula is C21H24N4O3. The molecule has 7 heteroatoms. The van der Waals surface area contributed by atoms with Crippen LogP contribution in [0.15, 0.2) is 42.5 Å². The Labute approximate surface area is 163 Å². The van der Waals surface area contributed by atoms with E-state index < -0.39 is 6.10 Å². The Balaban J connectivity index is 1.78. The van der Waals surface area contributed by atoms with E-state index in [1.165, 1.54) is 4.90 Å². The number of aromatic nitrogens is 2. The van der Waals surface area contributed by atoms with Gasteiger partial charge in [0.2, 0.25) is 0 Å². The van der Waals surface area contributed by atoms with E-state index in [0.717, 1.165) is 10.8 Å². The molecule has 0 spiro atoms. The summed E-state index contributed by atoms with van der Waals surface area (Å²) in [6.07, 6.45) is -0.747. The van der Waals surface area contributed by atoms with E-state index in [2.05, 4.69) is 10.4 Å². The molecule has 0 saturated heterocycles. The summed E-state index contributed by atoms with van der Waals surface area (Å²) in [5.41, 5.74) is 1.30. The fourth-order valence-corrected chi connectivity index (χ4v) is 2.84. The lowest BCUT2D eigenvalue weighted by Crippen LogP contribution is -2.31. The molecule has 3 rings (SSSR count). The maximum atomic E-state index is 12.7. The number of carbonyl (C=O) groups is 2. The first-order chi connectivity index (χ1) is 13.3. The molecule has 146 valence electrons. The second-order valence-electron chi connectivity index (χ2n) is 6.89. The van der Waals surface area contributed by atoms with Gasteiger partial charge in [-0.25, -0.2) is 0 Å². The number of anilines is 1. The van der Waals surface area contributed by atoms with Crippen molar-refractivity contribution in [2.24, 2.45) is 7.05 Å². The first-order valence-corrected chi connectivity index (χ1v) is 8.99. The van der Waals surface area contributed by atoms with E-state index in [4.69, 9.17) is 4.74 Å². The van der Waals surface area contributed by atoms with Gasteiger partial charge >= 0.3 is 0 Å². The summed E-state index contributed by atoms with van der Waals surface area (Å²) in [4.78, 5) is 26.5. The summed E-state index contributed by atoms with van der Waals surface area (Å²) >= 11 is 0. The molecule has 0 fully saturated rings. The SMILES string of the molecule is Cc1c(NC(=O)C(C)Oc2ccc3ccccc3c2)c(C(=O)N(C)C)nn1C. The first kappa shape index (κ1) is 19.4.